The van der Waals surface area contributed by atoms with Crippen molar-refractivity contribution in [1.29, 1.82) is 0 Å². The van der Waals surface area contributed by atoms with E-state index in [0.717, 1.165) is 25.9 Å². The number of anilines is 1. The molecule has 1 aromatic heterocycles. The van der Waals surface area contributed by atoms with Gasteiger partial charge in [-0.2, -0.15) is 4.57 Å². The van der Waals surface area contributed by atoms with Crippen LogP contribution in [0, 0.1) is 0 Å². The minimum Gasteiger partial charge on any atom is -0.335 e. The summed E-state index contributed by atoms with van der Waals surface area (Å²) in [5, 5.41) is 2.58. The summed E-state index contributed by atoms with van der Waals surface area (Å²) in [5.41, 5.74) is 5.08. The minimum absolute atomic E-state index is 1.03. The molecule has 0 atom stereocenters. The van der Waals surface area contributed by atoms with Crippen LogP contribution in [-0.2, 0) is 6.54 Å². The Morgan fingerprint density at radius 2 is 1.66 bits per heavy atom. The summed E-state index contributed by atoms with van der Waals surface area (Å²) in [5.74, 6) is 0. The van der Waals surface area contributed by atoms with Gasteiger partial charge in [-0.05, 0) is 47.9 Å². The second-order valence-corrected chi connectivity index (χ2v) is 10.7. The first-order valence-electron chi connectivity index (χ1n) is 12.4. The SMILES string of the molecule is CCCN1/C(=C/C=C(/C=C/c2sc3ccccc3[n+]2CCC)c2ccccc2)Sc2ccccc21. The lowest BCUT2D eigenvalue weighted by molar-refractivity contribution is -0.668. The van der Waals surface area contributed by atoms with Crippen molar-refractivity contribution in [3.8, 4) is 0 Å². The molecule has 35 heavy (non-hydrogen) atoms. The van der Waals surface area contributed by atoms with E-state index in [0.29, 0.717) is 0 Å². The van der Waals surface area contributed by atoms with Gasteiger partial charge >= 0.3 is 0 Å². The van der Waals surface area contributed by atoms with Gasteiger partial charge in [0, 0.05) is 30.0 Å². The Kier molecular flexibility index (Phi) is 7.51. The van der Waals surface area contributed by atoms with E-state index in [-0.39, 0.29) is 0 Å². The van der Waals surface area contributed by atoms with Gasteiger partial charge in [0.1, 0.15) is 11.2 Å². The van der Waals surface area contributed by atoms with E-state index in [2.05, 4.69) is 126 Å². The quantitative estimate of drug-likeness (QED) is 0.178. The lowest BCUT2D eigenvalue weighted by atomic mass is 10.1. The zero-order chi connectivity index (χ0) is 24.0. The van der Waals surface area contributed by atoms with Crippen molar-refractivity contribution in [2.75, 3.05) is 11.4 Å². The van der Waals surface area contributed by atoms with Gasteiger partial charge in [-0.3, -0.25) is 0 Å². The molecule has 0 saturated heterocycles. The summed E-state index contributed by atoms with van der Waals surface area (Å²) in [6, 6.07) is 28.1. The van der Waals surface area contributed by atoms with E-state index in [1.807, 2.05) is 23.1 Å². The van der Waals surface area contributed by atoms with Gasteiger partial charge in [0.05, 0.1) is 10.7 Å². The molecule has 0 radical (unpaired) electrons. The highest BCUT2D eigenvalue weighted by Crippen LogP contribution is 2.45. The number of fused-ring (bicyclic) bond motifs is 2. The largest absolute Gasteiger partial charge is 0.335 e. The zero-order valence-corrected chi connectivity index (χ0v) is 22.0. The van der Waals surface area contributed by atoms with E-state index in [1.165, 1.54) is 42.0 Å². The fraction of sp³-hybridized carbons (Fsp3) is 0.194. The molecule has 0 unspecified atom stereocenters. The lowest BCUT2D eigenvalue weighted by Crippen LogP contribution is -2.34. The van der Waals surface area contributed by atoms with Crippen LogP contribution in [0.4, 0.5) is 5.69 Å². The molecular formula is C31H31N2S2+. The number of thioether (sulfide) groups is 1. The third-order valence-electron chi connectivity index (χ3n) is 6.09. The predicted octanol–water partition coefficient (Wildman–Crippen LogP) is 8.56. The fourth-order valence-corrected chi connectivity index (χ4v) is 6.64. The first-order chi connectivity index (χ1) is 17.3. The molecule has 0 saturated carbocycles. The number of hydrogen-bond acceptors (Lipinski definition) is 3. The fourth-order valence-electron chi connectivity index (χ4n) is 4.46. The second-order valence-electron chi connectivity index (χ2n) is 8.61. The first kappa shape index (κ1) is 23.7. The summed E-state index contributed by atoms with van der Waals surface area (Å²) in [4.78, 5) is 3.78. The molecule has 1 aliphatic heterocycles. The Morgan fingerprint density at radius 3 is 2.49 bits per heavy atom. The first-order valence-corrected chi connectivity index (χ1v) is 14.0. The van der Waals surface area contributed by atoms with Crippen molar-refractivity contribution in [1.82, 2.24) is 0 Å². The van der Waals surface area contributed by atoms with E-state index < -0.39 is 0 Å². The number of aromatic nitrogens is 1. The van der Waals surface area contributed by atoms with Crippen molar-refractivity contribution < 1.29 is 4.57 Å². The number of rotatable bonds is 8. The van der Waals surface area contributed by atoms with E-state index >= 15 is 0 Å². The van der Waals surface area contributed by atoms with Crippen LogP contribution >= 0.6 is 23.1 Å². The molecule has 176 valence electrons. The van der Waals surface area contributed by atoms with Crippen molar-refractivity contribution >= 4 is 50.7 Å². The molecule has 1 aliphatic rings. The monoisotopic (exact) mass is 495 g/mol. The molecule has 2 nitrogen and oxygen atoms in total. The Morgan fingerprint density at radius 1 is 0.886 bits per heavy atom. The van der Waals surface area contributed by atoms with Crippen molar-refractivity contribution in [2.45, 2.75) is 38.1 Å². The van der Waals surface area contributed by atoms with Crippen LogP contribution in [0.2, 0.25) is 0 Å². The number of thiazole rings is 1. The summed E-state index contributed by atoms with van der Waals surface area (Å²) < 4.78 is 3.78. The number of aryl methyl sites for hydroxylation is 1. The average molecular weight is 496 g/mol. The summed E-state index contributed by atoms with van der Waals surface area (Å²) >= 11 is 3.73. The van der Waals surface area contributed by atoms with E-state index in [1.54, 1.807) is 0 Å². The lowest BCUT2D eigenvalue weighted by Gasteiger charge is -2.19. The van der Waals surface area contributed by atoms with Crippen LogP contribution in [0.1, 0.15) is 37.3 Å². The van der Waals surface area contributed by atoms with Crippen molar-refractivity contribution in [3.05, 3.63) is 113 Å². The smallest absolute Gasteiger partial charge is 0.262 e. The van der Waals surface area contributed by atoms with Crippen LogP contribution in [0.15, 0.2) is 107 Å². The standard InChI is InChI=1S/C31H31N2S2/c1-3-22-32-26-14-8-10-16-28(26)34-30(32)20-18-25(24-12-6-5-7-13-24)19-21-31-33(23-4-2)27-15-9-11-17-29(27)35-31/h5-21H,3-4,22-23H2,1-2H3/q+1. The van der Waals surface area contributed by atoms with Crippen LogP contribution in [0.5, 0.6) is 0 Å². The van der Waals surface area contributed by atoms with Crippen LogP contribution in [-0.4, -0.2) is 6.54 Å². The molecular weight excluding hydrogens is 464 g/mol. The van der Waals surface area contributed by atoms with Gasteiger partial charge in [0.2, 0.25) is 5.52 Å². The molecule has 4 aromatic rings. The number of nitrogens with zero attached hydrogens (tertiary/aromatic N) is 2. The van der Waals surface area contributed by atoms with Gasteiger partial charge in [-0.25, -0.2) is 0 Å². The number of para-hydroxylation sites is 2. The molecule has 0 N–H and O–H groups in total. The molecule has 5 rings (SSSR count). The van der Waals surface area contributed by atoms with Crippen LogP contribution < -0.4 is 9.47 Å². The van der Waals surface area contributed by atoms with E-state index in [4.69, 9.17) is 0 Å². The molecule has 0 spiro atoms. The third kappa shape index (κ3) is 5.14. The molecule has 3 aromatic carbocycles. The number of benzene rings is 3. The van der Waals surface area contributed by atoms with Gasteiger partial charge in [0.25, 0.3) is 5.01 Å². The highest BCUT2D eigenvalue weighted by atomic mass is 32.2. The Labute approximate surface area is 216 Å². The number of hydrogen-bond donors (Lipinski definition) is 0. The summed E-state index contributed by atoms with van der Waals surface area (Å²) in [7, 11) is 0. The highest BCUT2D eigenvalue weighted by Gasteiger charge is 2.23. The highest BCUT2D eigenvalue weighted by molar-refractivity contribution is 8.03. The minimum atomic E-state index is 1.03. The van der Waals surface area contributed by atoms with E-state index in [9.17, 15) is 0 Å². The topological polar surface area (TPSA) is 7.12 Å². The predicted molar refractivity (Wildman–Crippen MR) is 154 cm³/mol. The normalized spacial score (nSPS) is 15.0. The summed E-state index contributed by atoms with van der Waals surface area (Å²) in [6.45, 7) is 6.54. The zero-order valence-electron chi connectivity index (χ0n) is 20.4. The second kappa shape index (κ2) is 11.1. The van der Waals surface area contributed by atoms with Gasteiger partial charge in [-0.15, -0.1) is 0 Å². The molecule has 4 heteroatoms. The number of allylic oxidation sites excluding steroid dienone is 4. The molecule has 2 heterocycles. The van der Waals surface area contributed by atoms with Gasteiger partial charge in [0.15, 0.2) is 0 Å². The van der Waals surface area contributed by atoms with Gasteiger partial charge in [-0.1, -0.05) is 97.6 Å². The van der Waals surface area contributed by atoms with Crippen molar-refractivity contribution in [2.24, 2.45) is 0 Å². The van der Waals surface area contributed by atoms with Gasteiger partial charge < -0.3 is 4.90 Å². The molecule has 0 amide bonds. The third-order valence-corrected chi connectivity index (χ3v) is 8.35. The Bertz CT molecular complexity index is 1400. The van der Waals surface area contributed by atoms with Crippen LogP contribution in [0.25, 0.3) is 21.9 Å². The molecule has 0 fully saturated rings. The average Bonchev–Trinajstić information content (AvgIpc) is 3.43. The molecule has 0 bridgehead atoms. The summed E-state index contributed by atoms with van der Waals surface area (Å²) in [6.07, 6.45) is 11.4. The molecule has 0 aliphatic carbocycles. The Hall–Kier alpha value is -3.08. The maximum atomic E-state index is 2.45. The van der Waals surface area contributed by atoms with Crippen molar-refractivity contribution in [3.63, 3.8) is 0 Å². The maximum Gasteiger partial charge on any atom is 0.262 e. The maximum absolute atomic E-state index is 2.45. The Balaban J connectivity index is 1.53. The van der Waals surface area contributed by atoms with Crippen LogP contribution in [0.3, 0.4) is 0 Å².